The molecule has 1 fully saturated rings. The van der Waals surface area contributed by atoms with Crippen molar-refractivity contribution in [3.8, 4) is 0 Å². The fourth-order valence-electron chi connectivity index (χ4n) is 2.57. The standard InChI is InChI=1S/C14H26N2O4/c1-9-4-5-11(6-10(9)2)16-13(19)15-8-14(3,20)7-12(17)18/h9-11,20H,4-8H2,1-3H3,(H,17,18)(H2,15,16,19). The number of hydrogen-bond acceptors (Lipinski definition) is 3. The van der Waals surface area contributed by atoms with Crippen LogP contribution in [0.4, 0.5) is 4.79 Å². The Hall–Kier alpha value is -1.30. The normalized spacial score (nSPS) is 29.3. The summed E-state index contributed by atoms with van der Waals surface area (Å²) in [6.07, 6.45) is 2.62. The maximum atomic E-state index is 11.8. The number of nitrogens with one attached hydrogen (secondary N) is 2. The van der Waals surface area contributed by atoms with Crippen LogP contribution in [0.2, 0.25) is 0 Å². The van der Waals surface area contributed by atoms with Crippen LogP contribution in [0.3, 0.4) is 0 Å². The van der Waals surface area contributed by atoms with E-state index in [1.165, 1.54) is 6.92 Å². The second kappa shape index (κ2) is 6.92. The zero-order valence-corrected chi connectivity index (χ0v) is 12.5. The number of carbonyl (C=O) groups excluding carboxylic acids is 1. The molecule has 1 rings (SSSR count). The van der Waals surface area contributed by atoms with Gasteiger partial charge in [0.1, 0.15) is 0 Å². The van der Waals surface area contributed by atoms with E-state index in [0.29, 0.717) is 11.8 Å². The summed E-state index contributed by atoms with van der Waals surface area (Å²) < 4.78 is 0. The van der Waals surface area contributed by atoms with Gasteiger partial charge in [-0.1, -0.05) is 13.8 Å². The SMILES string of the molecule is CC1CCC(NC(=O)NCC(C)(O)CC(=O)O)CC1C. The monoisotopic (exact) mass is 286 g/mol. The zero-order chi connectivity index (χ0) is 15.3. The molecule has 0 saturated heterocycles. The third-order valence-electron chi connectivity index (χ3n) is 4.10. The Kier molecular flexibility index (Phi) is 5.80. The molecule has 116 valence electrons. The quantitative estimate of drug-likeness (QED) is 0.613. The first-order valence-corrected chi connectivity index (χ1v) is 7.18. The third kappa shape index (κ3) is 5.77. The largest absolute Gasteiger partial charge is 0.481 e. The van der Waals surface area contributed by atoms with E-state index < -0.39 is 18.0 Å². The van der Waals surface area contributed by atoms with Crippen molar-refractivity contribution in [1.82, 2.24) is 10.6 Å². The van der Waals surface area contributed by atoms with Crippen molar-refractivity contribution in [1.29, 1.82) is 0 Å². The van der Waals surface area contributed by atoms with Gasteiger partial charge in [0.05, 0.1) is 12.0 Å². The number of amides is 2. The van der Waals surface area contributed by atoms with Gasteiger partial charge in [-0.3, -0.25) is 4.79 Å². The molecule has 4 unspecified atom stereocenters. The van der Waals surface area contributed by atoms with E-state index in [9.17, 15) is 14.7 Å². The summed E-state index contributed by atoms with van der Waals surface area (Å²) >= 11 is 0. The third-order valence-corrected chi connectivity index (χ3v) is 4.10. The molecule has 0 radical (unpaired) electrons. The topological polar surface area (TPSA) is 98.7 Å². The molecule has 0 aromatic carbocycles. The zero-order valence-electron chi connectivity index (χ0n) is 12.5. The number of aliphatic hydroxyl groups is 1. The number of rotatable bonds is 5. The molecule has 0 aliphatic heterocycles. The lowest BCUT2D eigenvalue weighted by atomic mass is 9.79. The molecule has 0 aromatic heterocycles. The molecule has 6 heteroatoms. The van der Waals surface area contributed by atoms with Crippen LogP contribution in [-0.4, -0.2) is 40.4 Å². The molecule has 0 aromatic rings. The second-order valence-electron chi connectivity index (χ2n) is 6.36. The van der Waals surface area contributed by atoms with Gasteiger partial charge >= 0.3 is 12.0 Å². The summed E-state index contributed by atoms with van der Waals surface area (Å²) in [5.41, 5.74) is -1.43. The molecule has 2 amide bonds. The predicted octanol–water partition coefficient (Wildman–Crippen LogP) is 1.34. The first-order valence-electron chi connectivity index (χ1n) is 7.18. The van der Waals surface area contributed by atoms with Crippen molar-refractivity contribution < 1.29 is 19.8 Å². The van der Waals surface area contributed by atoms with Crippen LogP contribution in [0.25, 0.3) is 0 Å². The first kappa shape index (κ1) is 16.8. The molecule has 0 bridgehead atoms. The predicted molar refractivity (Wildman–Crippen MR) is 75.4 cm³/mol. The van der Waals surface area contributed by atoms with E-state index in [4.69, 9.17) is 5.11 Å². The number of aliphatic carboxylic acids is 1. The van der Waals surface area contributed by atoms with Gasteiger partial charge in [0.2, 0.25) is 0 Å². The van der Waals surface area contributed by atoms with Crippen LogP contribution >= 0.6 is 0 Å². The Balaban J connectivity index is 2.32. The Labute approximate surface area is 119 Å². The summed E-state index contributed by atoms with van der Waals surface area (Å²) in [4.78, 5) is 22.3. The number of carbonyl (C=O) groups is 2. The van der Waals surface area contributed by atoms with Gasteiger partial charge in [0, 0.05) is 12.6 Å². The minimum Gasteiger partial charge on any atom is -0.481 e. The highest BCUT2D eigenvalue weighted by atomic mass is 16.4. The fraction of sp³-hybridized carbons (Fsp3) is 0.857. The summed E-state index contributed by atoms with van der Waals surface area (Å²) in [5, 5.41) is 23.9. The van der Waals surface area contributed by atoms with Gasteiger partial charge in [0.15, 0.2) is 0 Å². The van der Waals surface area contributed by atoms with E-state index in [-0.39, 0.29) is 18.6 Å². The minimum absolute atomic E-state index is 0.0796. The summed E-state index contributed by atoms with van der Waals surface area (Å²) in [5.74, 6) is 0.184. The minimum atomic E-state index is -1.43. The van der Waals surface area contributed by atoms with Gasteiger partial charge in [-0.05, 0) is 38.0 Å². The average Bonchev–Trinajstić information content (AvgIpc) is 2.30. The highest BCUT2D eigenvalue weighted by Gasteiger charge is 2.27. The maximum Gasteiger partial charge on any atom is 0.315 e. The highest BCUT2D eigenvalue weighted by Crippen LogP contribution is 2.29. The van der Waals surface area contributed by atoms with Crippen molar-refractivity contribution in [2.75, 3.05) is 6.54 Å². The molecular formula is C14H26N2O4. The number of hydrogen-bond donors (Lipinski definition) is 4. The second-order valence-corrected chi connectivity index (χ2v) is 6.36. The lowest BCUT2D eigenvalue weighted by molar-refractivity contribution is -0.141. The van der Waals surface area contributed by atoms with E-state index in [1.54, 1.807) is 0 Å². The fourth-order valence-corrected chi connectivity index (χ4v) is 2.57. The van der Waals surface area contributed by atoms with E-state index >= 15 is 0 Å². The Bertz CT molecular complexity index is 357. The summed E-state index contributed by atoms with van der Waals surface area (Å²) in [6.45, 7) is 5.73. The maximum absolute atomic E-state index is 11.8. The lowest BCUT2D eigenvalue weighted by Gasteiger charge is -2.32. The summed E-state index contributed by atoms with van der Waals surface area (Å²) in [7, 11) is 0. The van der Waals surface area contributed by atoms with Crippen molar-refractivity contribution in [2.24, 2.45) is 11.8 Å². The molecule has 4 N–H and O–H groups in total. The molecular weight excluding hydrogens is 260 g/mol. The van der Waals surface area contributed by atoms with Gasteiger partial charge in [-0.2, -0.15) is 0 Å². The van der Waals surface area contributed by atoms with Crippen LogP contribution in [0, 0.1) is 11.8 Å². The number of carboxylic acid groups (broad SMARTS) is 1. The first-order chi connectivity index (χ1) is 9.19. The van der Waals surface area contributed by atoms with Crippen molar-refractivity contribution in [3.63, 3.8) is 0 Å². The van der Waals surface area contributed by atoms with Crippen LogP contribution in [-0.2, 0) is 4.79 Å². The van der Waals surface area contributed by atoms with Gasteiger partial charge in [0.25, 0.3) is 0 Å². The van der Waals surface area contributed by atoms with Crippen molar-refractivity contribution in [2.45, 2.75) is 58.1 Å². The average molecular weight is 286 g/mol. The van der Waals surface area contributed by atoms with Gasteiger partial charge in [-0.15, -0.1) is 0 Å². The Morgan fingerprint density at radius 2 is 1.90 bits per heavy atom. The molecule has 0 spiro atoms. The van der Waals surface area contributed by atoms with E-state index in [0.717, 1.165) is 19.3 Å². The van der Waals surface area contributed by atoms with Crippen LogP contribution in [0.15, 0.2) is 0 Å². The molecule has 6 nitrogen and oxygen atoms in total. The molecule has 1 aliphatic carbocycles. The molecule has 20 heavy (non-hydrogen) atoms. The van der Waals surface area contributed by atoms with Gasteiger partial charge < -0.3 is 20.8 Å². The Morgan fingerprint density at radius 3 is 2.45 bits per heavy atom. The highest BCUT2D eigenvalue weighted by molar-refractivity contribution is 5.74. The Morgan fingerprint density at radius 1 is 1.25 bits per heavy atom. The van der Waals surface area contributed by atoms with E-state index in [2.05, 4.69) is 24.5 Å². The summed E-state index contributed by atoms with van der Waals surface area (Å²) in [6, 6.07) is -0.187. The molecule has 1 saturated carbocycles. The molecule has 1 aliphatic rings. The number of carboxylic acids is 1. The van der Waals surface area contributed by atoms with E-state index in [1.807, 2.05) is 0 Å². The van der Waals surface area contributed by atoms with Gasteiger partial charge in [-0.25, -0.2) is 4.79 Å². The number of urea groups is 1. The lowest BCUT2D eigenvalue weighted by Crippen LogP contribution is -2.49. The van der Waals surface area contributed by atoms with Crippen molar-refractivity contribution >= 4 is 12.0 Å². The van der Waals surface area contributed by atoms with Crippen LogP contribution in [0.1, 0.15) is 46.5 Å². The molecule has 0 heterocycles. The van der Waals surface area contributed by atoms with Crippen LogP contribution < -0.4 is 10.6 Å². The van der Waals surface area contributed by atoms with Crippen molar-refractivity contribution in [3.05, 3.63) is 0 Å². The molecule has 4 atom stereocenters. The van der Waals surface area contributed by atoms with Crippen LogP contribution in [0.5, 0.6) is 0 Å². The smallest absolute Gasteiger partial charge is 0.315 e.